The molecule has 1 aromatic rings. The van der Waals surface area contributed by atoms with E-state index in [-0.39, 0.29) is 22.5 Å². The Bertz CT molecular complexity index is 486. The van der Waals surface area contributed by atoms with E-state index in [1.807, 2.05) is 0 Å². The molecule has 0 spiro atoms. The van der Waals surface area contributed by atoms with Gasteiger partial charge in [0.25, 0.3) is 0 Å². The van der Waals surface area contributed by atoms with Gasteiger partial charge in [0.15, 0.2) is 10.8 Å². The number of anilines is 2. The van der Waals surface area contributed by atoms with Gasteiger partial charge in [0.05, 0.1) is 12.0 Å². The van der Waals surface area contributed by atoms with Crippen LogP contribution >= 0.6 is 12.0 Å². The summed E-state index contributed by atoms with van der Waals surface area (Å²) in [6, 6.07) is 0. The van der Waals surface area contributed by atoms with Crippen molar-refractivity contribution in [3.63, 3.8) is 0 Å². The van der Waals surface area contributed by atoms with Crippen LogP contribution in [0.25, 0.3) is 0 Å². The zero-order valence-corrected chi connectivity index (χ0v) is 8.13. The van der Waals surface area contributed by atoms with Crippen LogP contribution in [0.15, 0.2) is 5.03 Å². The summed E-state index contributed by atoms with van der Waals surface area (Å²) in [5.41, 5.74) is 10.6. The van der Waals surface area contributed by atoms with Crippen molar-refractivity contribution < 1.29 is 16.2 Å². The Morgan fingerprint density at radius 1 is 1.29 bits per heavy atom. The molecule has 10 heteroatoms. The van der Waals surface area contributed by atoms with Crippen molar-refractivity contribution in [2.75, 3.05) is 11.5 Å². The maximum absolute atomic E-state index is 10.8. The van der Waals surface area contributed by atoms with Crippen LogP contribution in [0, 0.1) is 0 Å². The first-order valence-electron chi connectivity index (χ1n) is 3.21. The van der Waals surface area contributed by atoms with Crippen molar-refractivity contribution in [3.05, 3.63) is 0 Å². The Balaban J connectivity index is 2.58. The number of rotatable bonds is 0. The van der Waals surface area contributed by atoms with E-state index in [0.29, 0.717) is 12.0 Å². The number of hydrogen-bond donors (Lipinski definition) is 2. The van der Waals surface area contributed by atoms with Crippen LogP contribution in [-0.4, -0.2) is 18.4 Å². The lowest BCUT2D eigenvalue weighted by atomic mass is 10.5. The topological polar surface area (TPSA) is 130 Å². The van der Waals surface area contributed by atoms with Crippen LogP contribution < -0.4 is 15.7 Å². The molecule has 1 aromatic heterocycles. The molecule has 2 heterocycles. The molecule has 1 aliphatic rings. The summed E-state index contributed by atoms with van der Waals surface area (Å²) < 4.78 is 30.4. The third-order valence-electron chi connectivity index (χ3n) is 1.26. The summed E-state index contributed by atoms with van der Waals surface area (Å²) in [5.74, 6) is -0.387. The summed E-state index contributed by atoms with van der Waals surface area (Å²) in [6.07, 6.45) is 0. The highest BCUT2D eigenvalue weighted by atomic mass is 32.3. The number of fused-ring (bicyclic) bond motifs is 1. The molecular weight excluding hydrogens is 232 g/mol. The minimum atomic E-state index is -4.07. The SMILES string of the molecule is Nc1nc(N)c2c(n1)SOS(=O)(=O)O2. The van der Waals surface area contributed by atoms with E-state index < -0.39 is 10.4 Å². The molecule has 0 atom stereocenters. The Morgan fingerprint density at radius 2 is 2.00 bits per heavy atom. The molecular formula is C4H4N4O4S2. The first-order chi connectivity index (χ1) is 6.48. The van der Waals surface area contributed by atoms with Gasteiger partial charge < -0.3 is 15.7 Å². The molecule has 0 fully saturated rings. The summed E-state index contributed by atoms with van der Waals surface area (Å²) >= 11 is 0.500. The minimum Gasteiger partial charge on any atom is -0.380 e. The first-order valence-corrected chi connectivity index (χ1v) is 5.29. The molecule has 8 nitrogen and oxygen atoms in total. The molecule has 0 aromatic carbocycles. The maximum atomic E-state index is 10.8. The lowest BCUT2D eigenvalue weighted by molar-refractivity contribution is 0.396. The van der Waals surface area contributed by atoms with E-state index in [4.69, 9.17) is 11.5 Å². The number of aromatic nitrogens is 2. The molecule has 14 heavy (non-hydrogen) atoms. The standard InChI is InChI=1S/C4H4N4O4S2/c5-2-1-3(8-4(6)7-2)13-12-14(9,10)11-1/h(H4,5,6,7,8). The fourth-order valence-corrected chi connectivity index (χ4v) is 2.26. The molecule has 2 rings (SSSR count). The van der Waals surface area contributed by atoms with Gasteiger partial charge in [0.1, 0.15) is 0 Å². The van der Waals surface area contributed by atoms with E-state index in [9.17, 15) is 8.42 Å². The van der Waals surface area contributed by atoms with Gasteiger partial charge in [-0.25, -0.2) is 4.98 Å². The molecule has 76 valence electrons. The van der Waals surface area contributed by atoms with E-state index in [2.05, 4.69) is 17.8 Å². The van der Waals surface area contributed by atoms with E-state index in [1.165, 1.54) is 0 Å². The summed E-state index contributed by atoms with van der Waals surface area (Å²) in [4.78, 5) is 7.21. The van der Waals surface area contributed by atoms with Crippen molar-refractivity contribution in [1.29, 1.82) is 0 Å². The number of nitrogens with zero attached hydrogens (tertiary/aromatic N) is 2. The first kappa shape index (κ1) is 9.30. The minimum absolute atomic E-state index is 0.0831. The fourth-order valence-electron chi connectivity index (χ4n) is 0.788. The Morgan fingerprint density at radius 3 is 2.71 bits per heavy atom. The van der Waals surface area contributed by atoms with Crippen LogP contribution in [0.3, 0.4) is 0 Å². The molecule has 0 bridgehead atoms. The maximum Gasteiger partial charge on any atom is 0.460 e. The van der Waals surface area contributed by atoms with Crippen LogP contribution in [0.1, 0.15) is 0 Å². The largest absolute Gasteiger partial charge is 0.460 e. The number of nitrogen functional groups attached to an aromatic ring is 2. The zero-order chi connectivity index (χ0) is 10.3. The highest BCUT2D eigenvalue weighted by Gasteiger charge is 2.29. The predicted molar refractivity (Wildman–Crippen MR) is 47.3 cm³/mol. The normalized spacial score (nSPS) is 18.3. The Kier molecular flexibility index (Phi) is 1.90. The Hall–Kier alpha value is -1.26. The summed E-state index contributed by atoms with van der Waals surface area (Å²) in [5, 5.41) is 0.129. The van der Waals surface area contributed by atoms with Crippen molar-refractivity contribution in [3.8, 4) is 5.75 Å². The predicted octanol–water partition coefficient (Wildman–Crippen LogP) is -0.698. The van der Waals surface area contributed by atoms with Gasteiger partial charge in [0, 0.05) is 0 Å². The molecule has 0 amide bonds. The van der Waals surface area contributed by atoms with Gasteiger partial charge in [-0.3, -0.25) is 0 Å². The van der Waals surface area contributed by atoms with Crippen LogP contribution in [0.5, 0.6) is 5.75 Å². The monoisotopic (exact) mass is 236 g/mol. The fraction of sp³-hybridized carbons (Fsp3) is 0. The lowest BCUT2D eigenvalue weighted by Gasteiger charge is -2.14. The Labute approximate surface area is 83.1 Å². The molecule has 0 saturated heterocycles. The van der Waals surface area contributed by atoms with Gasteiger partial charge in [-0.05, 0) is 0 Å². The van der Waals surface area contributed by atoms with E-state index >= 15 is 0 Å². The molecule has 0 radical (unpaired) electrons. The average molecular weight is 236 g/mol. The highest BCUT2D eigenvalue weighted by molar-refractivity contribution is 8.03. The van der Waals surface area contributed by atoms with Crippen molar-refractivity contribution in [1.82, 2.24) is 9.97 Å². The smallest absolute Gasteiger partial charge is 0.380 e. The summed E-state index contributed by atoms with van der Waals surface area (Å²) in [6.45, 7) is 0. The van der Waals surface area contributed by atoms with Crippen LogP contribution in [0.2, 0.25) is 0 Å². The third-order valence-corrected chi connectivity index (χ3v) is 3.00. The van der Waals surface area contributed by atoms with Crippen molar-refractivity contribution in [2.24, 2.45) is 0 Å². The van der Waals surface area contributed by atoms with Gasteiger partial charge in [0.2, 0.25) is 11.7 Å². The second-order valence-corrected chi connectivity index (χ2v) is 4.33. The zero-order valence-electron chi connectivity index (χ0n) is 6.50. The summed E-state index contributed by atoms with van der Waals surface area (Å²) in [7, 11) is -4.07. The number of hydrogen-bond acceptors (Lipinski definition) is 9. The van der Waals surface area contributed by atoms with E-state index in [1.54, 1.807) is 0 Å². The third kappa shape index (κ3) is 1.54. The van der Waals surface area contributed by atoms with Crippen molar-refractivity contribution >= 4 is 34.2 Å². The van der Waals surface area contributed by atoms with Gasteiger partial charge in [-0.2, -0.15) is 17.0 Å². The molecule has 0 unspecified atom stereocenters. The van der Waals surface area contributed by atoms with Crippen LogP contribution in [-0.2, 0) is 14.0 Å². The quantitative estimate of drug-likeness (QED) is 0.443. The molecule has 4 N–H and O–H groups in total. The number of nitrogens with two attached hydrogens (primary N) is 2. The van der Waals surface area contributed by atoms with E-state index in [0.717, 1.165) is 0 Å². The highest BCUT2D eigenvalue weighted by Crippen LogP contribution is 2.39. The van der Waals surface area contributed by atoms with Gasteiger partial charge in [-0.1, -0.05) is 0 Å². The molecule has 0 saturated carbocycles. The second-order valence-electron chi connectivity index (χ2n) is 2.24. The molecule has 0 aliphatic carbocycles. The van der Waals surface area contributed by atoms with Gasteiger partial charge in [-0.15, -0.1) is 0 Å². The van der Waals surface area contributed by atoms with Crippen molar-refractivity contribution in [2.45, 2.75) is 5.03 Å². The van der Waals surface area contributed by atoms with Crippen LogP contribution in [0.4, 0.5) is 11.8 Å². The average Bonchev–Trinajstić information content (AvgIpc) is 2.06. The lowest BCUT2D eigenvalue weighted by Crippen LogP contribution is -2.17. The molecule has 1 aliphatic heterocycles. The second kappa shape index (κ2) is 2.87. The van der Waals surface area contributed by atoms with Gasteiger partial charge >= 0.3 is 10.4 Å².